The van der Waals surface area contributed by atoms with E-state index in [1.54, 1.807) is 12.1 Å². The van der Waals surface area contributed by atoms with Crippen molar-refractivity contribution in [3.8, 4) is 0 Å². The van der Waals surface area contributed by atoms with Crippen LogP contribution in [-0.4, -0.2) is 19.2 Å². The van der Waals surface area contributed by atoms with Gasteiger partial charge in [0, 0.05) is 17.7 Å². The van der Waals surface area contributed by atoms with Crippen molar-refractivity contribution in [1.29, 1.82) is 0 Å². The Morgan fingerprint density at radius 1 is 1.00 bits per heavy atom. The first-order chi connectivity index (χ1) is 12.8. The van der Waals surface area contributed by atoms with Crippen LogP contribution < -0.4 is 5.73 Å². The summed E-state index contributed by atoms with van der Waals surface area (Å²) >= 11 is 0. The Hall–Kier alpha value is -3.52. The summed E-state index contributed by atoms with van der Waals surface area (Å²) < 4.78 is 27.9. The molecule has 0 atom stereocenters. The molecule has 0 aliphatic rings. The first-order valence-electron chi connectivity index (χ1n) is 7.86. The van der Waals surface area contributed by atoms with E-state index in [2.05, 4.69) is 4.40 Å². The molecule has 2 N–H and O–H groups in total. The van der Waals surface area contributed by atoms with E-state index in [1.807, 2.05) is 30.3 Å². The summed E-state index contributed by atoms with van der Waals surface area (Å²) in [4.78, 5) is 10.1. The third kappa shape index (κ3) is 4.56. The second kappa shape index (κ2) is 7.38. The van der Waals surface area contributed by atoms with Gasteiger partial charge in [0.15, 0.2) is 0 Å². The van der Waals surface area contributed by atoms with Gasteiger partial charge in [-0.3, -0.25) is 10.1 Å². The summed E-state index contributed by atoms with van der Waals surface area (Å²) in [6, 6.07) is 18.4. The fourth-order valence-electron chi connectivity index (χ4n) is 2.44. The van der Waals surface area contributed by atoms with Crippen molar-refractivity contribution in [3.63, 3.8) is 0 Å². The molecule has 0 heterocycles. The van der Waals surface area contributed by atoms with Crippen molar-refractivity contribution >= 4 is 38.4 Å². The molecule has 0 bridgehead atoms. The number of hydrogen-bond donors (Lipinski definition) is 1. The van der Waals surface area contributed by atoms with Gasteiger partial charge >= 0.3 is 0 Å². The molecule has 0 aliphatic heterocycles. The highest BCUT2D eigenvalue weighted by Crippen LogP contribution is 2.16. The molecule has 3 aromatic carbocycles. The lowest BCUT2D eigenvalue weighted by atomic mass is 10.1. The highest BCUT2D eigenvalue weighted by Gasteiger charge is 2.08. The predicted octanol–water partition coefficient (Wildman–Crippen LogP) is 3.45. The Labute approximate surface area is 155 Å². The van der Waals surface area contributed by atoms with Crippen molar-refractivity contribution in [1.82, 2.24) is 0 Å². The molecule has 3 aromatic rings. The van der Waals surface area contributed by atoms with Crippen molar-refractivity contribution in [2.45, 2.75) is 0 Å². The van der Waals surface area contributed by atoms with Gasteiger partial charge in [-0.25, -0.2) is 0 Å². The maximum absolute atomic E-state index is 12.2. The molecule has 3 rings (SSSR count). The molecule has 0 radical (unpaired) electrons. The van der Waals surface area contributed by atoms with E-state index in [4.69, 9.17) is 5.73 Å². The van der Waals surface area contributed by atoms with Crippen LogP contribution in [-0.2, 0) is 10.0 Å². The highest BCUT2D eigenvalue weighted by molar-refractivity contribution is 7.93. The summed E-state index contributed by atoms with van der Waals surface area (Å²) in [5.41, 5.74) is 6.77. The van der Waals surface area contributed by atoms with Gasteiger partial charge < -0.3 is 5.73 Å². The molecular weight excluding hydrogens is 366 g/mol. The fraction of sp³-hybridized carbons (Fsp3) is 0. The maximum atomic E-state index is 12.2. The Morgan fingerprint density at radius 3 is 2.33 bits per heavy atom. The zero-order chi connectivity index (χ0) is 19.4. The first-order valence-corrected chi connectivity index (χ1v) is 9.36. The Morgan fingerprint density at radius 2 is 1.67 bits per heavy atom. The van der Waals surface area contributed by atoms with E-state index < -0.39 is 14.9 Å². The molecule has 0 saturated carbocycles. The van der Waals surface area contributed by atoms with Gasteiger partial charge in [0.05, 0.1) is 10.3 Å². The minimum absolute atomic E-state index is 0.0754. The van der Waals surface area contributed by atoms with Crippen LogP contribution in [0.1, 0.15) is 11.1 Å². The number of non-ortho nitro benzene ring substituents is 1. The SMILES string of the molecule is NC(=NS(=O)(=O)/C=C/c1ccc([N+](=O)[O-])cc1)c1ccc2ccccc2c1. The molecule has 0 amide bonds. The molecule has 0 spiro atoms. The number of benzene rings is 3. The largest absolute Gasteiger partial charge is 0.383 e. The fourth-order valence-corrected chi connectivity index (χ4v) is 3.21. The molecule has 0 aromatic heterocycles. The first kappa shape index (κ1) is 18.3. The van der Waals surface area contributed by atoms with Crippen LogP contribution in [0.3, 0.4) is 0 Å². The molecule has 136 valence electrons. The van der Waals surface area contributed by atoms with Crippen LogP contribution in [0.15, 0.2) is 76.5 Å². The van der Waals surface area contributed by atoms with E-state index in [-0.39, 0.29) is 11.5 Å². The second-order valence-corrected chi connectivity index (χ2v) is 7.19. The summed E-state index contributed by atoms with van der Waals surface area (Å²) in [6.07, 6.45) is 1.30. The van der Waals surface area contributed by atoms with Crippen molar-refractivity contribution < 1.29 is 13.3 Å². The number of rotatable bonds is 5. The molecule has 0 saturated heterocycles. The van der Waals surface area contributed by atoms with Gasteiger partial charge in [-0.1, -0.05) is 36.4 Å². The Kier molecular flexibility index (Phi) is 5.00. The third-order valence-corrected chi connectivity index (χ3v) is 4.74. The molecule has 27 heavy (non-hydrogen) atoms. The molecule has 0 aliphatic carbocycles. The lowest BCUT2D eigenvalue weighted by Gasteiger charge is -2.03. The lowest BCUT2D eigenvalue weighted by Crippen LogP contribution is -2.15. The van der Waals surface area contributed by atoms with Crippen LogP contribution >= 0.6 is 0 Å². The monoisotopic (exact) mass is 381 g/mol. The summed E-state index contributed by atoms with van der Waals surface area (Å²) in [7, 11) is -3.96. The molecule has 8 heteroatoms. The number of nitrogens with zero attached hydrogens (tertiary/aromatic N) is 2. The normalized spacial score (nSPS) is 12.5. The number of fused-ring (bicyclic) bond motifs is 1. The molecule has 0 fully saturated rings. The van der Waals surface area contributed by atoms with Gasteiger partial charge in [-0.05, 0) is 40.6 Å². The van der Waals surface area contributed by atoms with Crippen LogP contribution in [0.5, 0.6) is 0 Å². The Balaban J connectivity index is 1.83. The van der Waals surface area contributed by atoms with Crippen molar-refractivity contribution in [2.75, 3.05) is 0 Å². The molecule has 0 unspecified atom stereocenters. The van der Waals surface area contributed by atoms with E-state index in [1.165, 1.54) is 30.3 Å². The van der Waals surface area contributed by atoms with Crippen LogP contribution in [0.2, 0.25) is 0 Å². The molecular formula is C19H15N3O4S. The minimum atomic E-state index is -3.96. The second-order valence-electron chi connectivity index (χ2n) is 5.70. The van der Waals surface area contributed by atoms with Gasteiger partial charge in [-0.15, -0.1) is 4.40 Å². The average Bonchev–Trinajstić information content (AvgIpc) is 2.66. The zero-order valence-corrected chi connectivity index (χ0v) is 14.8. The minimum Gasteiger partial charge on any atom is -0.383 e. The van der Waals surface area contributed by atoms with Crippen LogP contribution in [0.25, 0.3) is 16.8 Å². The van der Waals surface area contributed by atoms with Crippen molar-refractivity contribution in [3.05, 3.63) is 93.4 Å². The number of nitrogens with two attached hydrogens (primary N) is 1. The van der Waals surface area contributed by atoms with E-state index in [0.29, 0.717) is 11.1 Å². The number of amidine groups is 1. The topological polar surface area (TPSA) is 116 Å². The van der Waals surface area contributed by atoms with E-state index in [0.717, 1.165) is 16.2 Å². The third-order valence-electron chi connectivity index (χ3n) is 3.81. The number of sulfonamides is 1. The standard InChI is InChI=1S/C19H15N3O4S/c20-19(17-8-7-15-3-1-2-4-16(15)13-17)21-27(25,26)12-11-14-5-9-18(10-6-14)22(23)24/h1-13H,(H2,20,21)/b12-11+. The van der Waals surface area contributed by atoms with Gasteiger partial charge in [0.2, 0.25) is 0 Å². The van der Waals surface area contributed by atoms with Crippen molar-refractivity contribution in [2.24, 2.45) is 10.1 Å². The van der Waals surface area contributed by atoms with Crippen LogP contribution in [0, 0.1) is 10.1 Å². The number of nitro groups is 1. The molecule has 7 nitrogen and oxygen atoms in total. The van der Waals surface area contributed by atoms with Gasteiger partial charge in [-0.2, -0.15) is 8.42 Å². The van der Waals surface area contributed by atoms with Gasteiger partial charge in [0.1, 0.15) is 5.84 Å². The summed E-state index contributed by atoms with van der Waals surface area (Å²) in [5, 5.41) is 13.5. The maximum Gasteiger partial charge on any atom is 0.277 e. The van der Waals surface area contributed by atoms with E-state index >= 15 is 0 Å². The highest BCUT2D eigenvalue weighted by atomic mass is 32.2. The zero-order valence-electron chi connectivity index (χ0n) is 14.0. The number of nitro benzene ring substituents is 1. The summed E-state index contributed by atoms with van der Waals surface area (Å²) in [5.74, 6) is -0.117. The summed E-state index contributed by atoms with van der Waals surface area (Å²) in [6.45, 7) is 0. The lowest BCUT2D eigenvalue weighted by molar-refractivity contribution is -0.384. The van der Waals surface area contributed by atoms with Gasteiger partial charge in [0.25, 0.3) is 15.7 Å². The van der Waals surface area contributed by atoms with E-state index in [9.17, 15) is 18.5 Å². The van der Waals surface area contributed by atoms with Crippen LogP contribution in [0.4, 0.5) is 5.69 Å². The quantitative estimate of drug-likeness (QED) is 0.314. The smallest absolute Gasteiger partial charge is 0.277 e. The predicted molar refractivity (Wildman–Crippen MR) is 106 cm³/mol. The number of hydrogen-bond acceptors (Lipinski definition) is 4. The average molecular weight is 381 g/mol. The Bertz CT molecular complexity index is 1170.